The zero-order valence-electron chi connectivity index (χ0n) is 13.1. The Hall–Kier alpha value is -1.55. The van der Waals surface area contributed by atoms with E-state index in [1.807, 2.05) is 12.1 Å². The maximum absolute atomic E-state index is 12.1. The second kappa shape index (κ2) is 6.94. The van der Waals surface area contributed by atoms with Gasteiger partial charge in [-0.2, -0.15) is 0 Å². The van der Waals surface area contributed by atoms with E-state index in [9.17, 15) is 9.90 Å². The van der Waals surface area contributed by atoms with Crippen LogP contribution in [0.3, 0.4) is 0 Å². The molecule has 3 N–H and O–H groups in total. The van der Waals surface area contributed by atoms with E-state index in [0.717, 1.165) is 25.7 Å². The Morgan fingerprint density at radius 3 is 2.86 bits per heavy atom. The molecule has 1 amide bonds. The molecular weight excluding hydrogens is 264 g/mol. The molecule has 4 heteroatoms. The first kappa shape index (κ1) is 15.8. The molecule has 4 nitrogen and oxygen atoms in total. The fourth-order valence-electron chi connectivity index (χ4n) is 3.11. The highest BCUT2D eigenvalue weighted by molar-refractivity contribution is 5.81. The van der Waals surface area contributed by atoms with Crippen LogP contribution in [0, 0.1) is 5.92 Å². The van der Waals surface area contributed by atoms with Crippen molar-refractivity contribution in [1.29, 1.82) is 0 Å². The molecule has 2 atom stereocenters. The van der Waals surface area contributed by atoms with Crippen LogP contribution in [0.5, 0.6) is 5.75 Å². The monoisotopic (exact) mass is 290 g/mol. The number of amides is 1. The van der Waals surface area contributed by atoms with Gasteiger partial charge in [0.25, 0.3) is 0 Å². The maximum atomic E-state index is 12.1. The first-order chi connectivity index (χ1) is 10.0. The van der Waals surface area contributed by atoms with E-state index < -0.39 is 0 Å². The van der Waals surface area contributed by atoms with Crippen molar-refractivity contribution in [2.24, 2.45) is 5.92 Å². The Balaban J connectivity index is 2.16. The van der Waals surface area contributed by atoms with E-state index in [1.54, 1.807) is 13.1 Å². The summed E-state index contributed by atoms with van der Waals surface area (Å²) in [5.74, 6) is 0.830. The van der Waals surface area contributed by atoms with Crippen molar-refractivity contribution in [1.82, 2.24) is 10.6 Å². The lowest BCUT2D eigenvalue weighted by molar-refractivity contribution is -0.123. The number of phenols is 1. The topological polar surface area (TPSA) is 61.4 Å². The Bertz CT molecular complexity index is 500. The standard InChI is InChI=1S/C17H26N2O2/c1-11(2)9-16(17(21)18-3)19-15-6-4-5-12-10-13(20)7-8-14(12)15/h7-8,10-11,15-16,19-20H,4-6,9H2,1-3H3,(H,18,21). The van der Waals surface area contributed by atoms with Gasteiger partial charge in [-0.15, -0.1) is 0 Å². The van der Waals surface area contributed by atoms with Crippen molar-refractivity contribution in [3.05, 3.63) is 29.3 Å². The van der Waals surface area contributed by atoms with Crippen molar-refractivity contribution in [2.75, 3.05) is 7.05 Å². The van der Waals surface area contributed by atoms with Crippen LogP contribution >= 0.6 is 0 Å². The van der Waals surface area contributed by atoms with Crippen LogP contribution in [0.1, 0.15) is 50.3 Å². The number of phenolic OH excluding ortho intramolecular Hbond substituents is 1. The number of nitrogens with one attached hydrogen (secondary N) is 2. The number of rotatable bonds is 5. The van der Waals surface area contributed by atoms with E-state index in [-0.39, 0.29) is 18.0 Å². The van der Waals surface area contributed by atoms with Gasteiger partial charge < -0.3 is 10.4 Å². The SMILES string of the molecule is CNC(=O)C(CC(C)C)NC1CCCc2cc(O)ccc21. The average molecular weight is 290 g/mol. The lowest BCUT2D eigenvalue weighted by Crippen LogP contribution is -2.45. The molecule has 0 saturated carbocycles. The Kier molecular flexibility index (Phi) is 5.23. The second-order valence-corrected chi connectivity index (χ2v) is 6.29. The number of aromatic hydroxyl groups is 1. The lowest BCUT2D eigenvalue weighted by Gasteiger charge is -2.30. The van der Waals surface area contributed by atoms with Crippen molar-refractivity contribution in [3.63, 3.8) is 0 Å². The quantitative estimate of drug-likeness (QED) is 0.781. The van der Waals surface area contributed by atoms with Crippen LogP contribution in [-0.4, -0.2) is 24.1 Å². The van der Waals surface area contributed by atoms with Gasteiger partial charge in [0, 0.05) is 13.1 Å². The zero-order valence-corrected chi connectivity index (χ0v) is 13.1. The molecule has 0 radical (unpaired) electrons. The van der Waals surface area contributed by atoms with Crippen molar-refractivity contribution >= 4 is 5.91 Å². The van der Waals surface area contributed by atoms with Crippen molar-refractivity contribution in [2.45, 2.75) is 51.6 Å². The van der Waals surface area contributed by atoms with Crippen LogP contribution in [-0.2, 0) is 11.2 Å². The largest absolute Gasteiger partial charge is 0.508 e. The van der Waals surface area contributed by atoms with E-state index in [0.29, 0.717) is 11.7 Å². The molecule has 2 rings (SSSR count). The number of carbonyl (C=O) groups is 1. The number of hydrogen-bond donors (Lipinski definition) is 3. The van der Waals surface area contributed by atoms with E-state index >= 15 is 0 Å². The fourth-order valence-corrected chi connectivity index (χ4v) is 3.11. The molecule has 116 valence electrons. The van der Waals surface area contributed by atoms with Gasteiger partial charge in [0.15, 0.2) is 0 Å². The molecule has 0 bridgehead atoms. The Labute approximate surface area is 126 Å². The number of fused-ring (bicyclic) bond motifs is 1. The van der Waals surface area contributed by atoms with Crippen molar-refractivity contribution in [3.8, 4) is 5.75 Å². The number of hydrogen-bond acceptors (Lipinski definition) is 3. The third-order valence-corrected chi connectivity index (χ3v) is 4.11. The molecular formula is C17H26N2O2. The summed E-state index contributed by atoms with van der Waals surface area (Å²) in [4.78, 5) is 12.1. The molecule has 0 saturated heterocycles. The molecule has 0 aliphatic heterocycles. The van der Waals surface area contributed by atoms with Gasteiger partial charge in [0.2, 0.25) is 5.91 Å². The van der Waals surface area contributed by atoms with Crippen molar-refractivity contribution < 1.29 is 9.90 Å². The minimum absolute atomic E-state index is 0.0506. The Morgan fingerprint density at radius 2 is 2.19 bits per heavy atom. The summed E-state index contributed by atoms with van der Waals surface area (Å²) in [6, 6.07) is 5.59. The molecule has 0 spiro atoms. The van der Waals surface area contributed by atoms with Crippen LogP contribution in [0.15, 0.2) is 18.2 Å². The number of likely N-dealkylation sites (N-methyl/N-ethyl adjacent to an activating group) is 1. The summed E-state index contributed by atoms with van der Waals surface area (Å²) < 4.78 is 0. The third-order valence-electron chi connectivity index (χ3n) is 4.11. The van der Waals surface area contributed by atoms with E-state index in [4.69, 9.17) is 0 Å². The molecule has 1 aliphatic carbocycles. The predicted molar refractivity (Wildman–Crippen MR) is 84.2 cm³/mol. The summed E-state index contributed by atoms with van der Waals surface area (Å²) in [5, 5.41) is 15.9. The minimum atomic E-state index is -0.167. The lowest BCUT2D eigenvalue weighted by atomic mass is 9.86. The smallest absolute Gasteiger partial charge is 0.236 e. The summed E-state index contributed by atoms with van der Waals surface area (Å²) in [6.45, 7) is 4.26. The highest BCUT2D eigenvalue weighted by Gasteiger charge is 2.26. The van der Waals surface area contributed by atoms with Crippen LogP contribution in [0.4, 0.5) is 0 Å². The molecule has 0 heterocycles. The average Bonchev–Trinajstić information content (AvgIpc) is 2.45. The first-order valence-electron chi connectivity index (χ1n) is 7.80. The Morgan fingerprint density at radius 1 is 1.43 bits per heavy atom. The molecule has 0 fully saturated rings. The highest BCUT2D eigenvalue weighted by Crippen LogP contribution is 2.32. The zero-order chi connectivity index (χ0) is 15.4. The molecule has 0 aromatic heterocycles. The summed E-state index contributed by atoms with van der Waals surface area (Å²) >= 11 is 0. The maximum Gasteiger partial charge on any atom is 0.236 e. The van der Waals surface area contributed by atoms with Crippen LogP contribution < -0.4 is 10.6 Å². The molecule has 2 unspecified atom stereocenters. The van der Waals surface area contributed by atoms with Gasteiger partial charge in [-0.3, -0.25) is 10.1 Å². The number of benzene rings is 1. The van der Waals surface area contributed by atoms with Crippen LogP contribution in [0.25, 0.3) is 0 Å². The number of aryl methyl sites for hydroxylation is 1. The molecule has 1 aromatic rings. The summed E-state index contributed by atoms with van der Waals surface area (Å²) in [6.07, 6.45) is 3.93. The first-order valence-corrected chi connectivity index (χ1v) is 7.80. The van der Waals surface area contributed by atoms with Gasteiger partial charge in [0.1, 0.15) is 5.75 Å². The van der Waals surface area contributed by atoms with Gasteiger partial charge in [0.05, 0.1) is 6.04 Å². The normalized spacial score (nSPS) is 19.1. The summed E-state index contributed by atoms with van der Waals surface area (Å²) in [7, 11) is 1.68. The summed E-state index contributed by atoms with van der Waals surface area (Å²) in [5.41, 5.74) is 2.41. The van der Waals surface area contributed by atoms with Gasteiger partial charge >= 0.3 is 0 Å². The highest BCUT2D eigenvalue weighted by atomic mass is 16.3. The third kappa shape index (κ3) is 3.97. The van der Waals surface area contributed by atoms with Gasteiger partial charge in [-0.05, 0) is 54.9 Å². The van der Waals surface area contributed by atoms with Gasteiger partial charge in [-0.1, -0.05) is 19.9 Å². The van der Waals surface area contributed by atoms with Gasteiger partial charge in [-0.25, -0.2) is 0 Å². The molecule has 21 heavy (non-hydrogen) atoms. The number of carbonyl (C=O) groups excluding carboxylic acids is 1. The second-order valence-electron chi connectivity index (χ2n) is 6.29. The van der Waals surface area contributed by atoms with E-state index in [2.05, 4.69) is 24.5 Å². The predicted octanol–water partition coefficient (Wildman–Crippen LogP) is 2.52. The molecule has 1 aliphatic rings. The van der Waals surface area contributed by atoms with E-state index in [1.165, 1.54) is 11.1 Å². The fraction of sp³-hybridized carbons (Fsp3) is 0.588. The van der Waals surface area contributed by atoms with Crippen LogP contribution in [0.2, 0.25) is 0 Å². The molecule has 1 aromatic carbocycles. The minimum Gasteiger partial charge on any atom is -0.508 e.